The summed E-state index contributed by atoms with van der Waals surface area (Å²) >= 11 is 6.08. The third-order valence-corrected chi connectivity index (χ3v) is 3.07. The van der Waals surface area contributed by atoms with Gasteiger partial charge in [-0.2, -0.15) is 0 Å². The minimum absolute atomic E-state index is 0.350. The molecule has 18 heavy (non-hydrogen) atoms. The second-order valence-corrected chi connectivity index (χ2v) is 4.52. The fraction of sp³-hybridized carbons (Fsp3) is 0.231. The molecular weight excluding hydrogens is 252 g/mol. The monoisotopic (exact) mass is 264 g/mol. The van der Waals surface area contributed by atoms with E-state index < -0.39 is 11.9 Å². The summed E-state index contributed by atoms with van der Waals surface area (Å²) < 4.78 is 0. The van der Waals surface area contributed by atoms with Crippen LogP contribution in [0.3, 0.4) is 0 Å². The highest BCUT2D eigenvalue weighted by Crippen LogP contribution is 2.27. The number of carbonyl (C=O) groups is 1. The Balaban J connectivity index is 2.29. The average Bonchev–Trinajstić information content (AvgIpc) is 2.38. The van der Waals surface area contributed by atoms with Crippen LogP contribution in [0.15, 0.2) is 30.5 Å². The van der Waals surface area contributed by atoms with E-state index in [4.69, 9.17) is 16.7 Å². The van der Waals surface area contributed by atoms with E-state index in [2.05, 4.69) is 10.3 Å². The summed E-state index contributed by atoms with van der Waals surface area (Å²) in [7, 11) is 0. The number of aromatic nitrogens is 1. The van der Waals surface area contributed by atoms with Crippen molar-refractivity contribution in [3.8, 4) is 0 Å². The van der Waals surface area contributed by atoms with Crippen molar-refractivity contribution in [2.24, 2.45) is 5.92 Å². The quantitative estimate of drug-likeness (QED) is 0.891. The van der Waals surface area contributed by atoms with Crippen LogP contribution in [0.5, 0.6) is 0 Å². The van der Waals surface area contributed by atoms with Crippen LogP contribution in [0.1, 0.15) is 6.92 Å². The molecule has 0 bridgehead atoms. The Hall–Kier alpha value is -1.81. The van der Waals surface area contributed by atoms with Gasteiger partial charge in [-0.1, -0.05) is 18.5 Å². The predicted octanol–water partition coefficient (Wildman–Crippen LogP) is 3.02. The zero-order valence-electron chi connectivity index (χ0n) is 9.85. The Labute approximate surface area is 110 Å². The number of hydrogen-bond acceptors (Lipinski definition) is 3. The van der Waals surface area contributed by atoms with Gasteiger partial charge >= 0.3 is 5.97 Å². The van der Waals surface area contributed by atoms with E-state index in [-0.39, 0.29) is 0 Å². The van der Waals surface area contributed by atoms with Crippen LogP contribution in [-0.4, -0.2) is 22.6 Å². The van der Waals surface area contributed by atoms with E-state index in [1.54, 1.807) is 19.2 Å². The summed E-state index contributed by atoms with van der Waals surface area (Å²) in [5.41, 5.74) is 1.55. The van der Waals surface area contributed by atoms with Crippen molar-refractivity contribution < 1.29 is 9.90 Å². The highest BCUT2D eigenvalue weighted by Gasteiger charge is 2.11. The minimum atomic E-state index is -0.825. The number of nitrogens with one attached hydrogen (secondary N) is 1. The van der Waals surface area contributed by atoms with Crippen molar-refractivity contribution in [3.63, 3.8) is 0 Å². The molecule has 0 aliphatic rings. The van der Waals surface area contributed by atoms with Crippen molar-refractivity contribution >= 4 is 34.2 Å². The van der Waals surface area contributed by atoms with Gasteiger partial charge in [0.15, 0.2) is 0 Å². The summed E-state index contributed by atoms with van der Waals surface area (Å²) in [5, 5.41) is 13.4. The standard InChI is InChI=1S/C13H13ClN2O2/c1-8(13(17)18)7-16-11-5-4-10(14)9-3-2-6-15-12(9)11/h2-6,8,16H,7H2,1H3,(H,17,18). The number of hydrogen-bond donors (Lipinski definition) is 2. The van der Waals surface area contributed by atoms with Crippen LogP contribution >= 0.6 is 11.6 Å². The Bertz CT molecular complexity index is 586. The molecule has 0 amide bonds. The van der Waals surface area contributed by atoms with Gasteiger partial charge < -0.3 is 10.4 Å². The smallest absolute Gasteiger partial charge is 0.308 e. The van der Waals surface area contributed by atoms with Crippen molar-refractivity contribution in [3.05, 3.63) is 35.5 Å². The van der Waals surface area contributed by atoms with Gasteiger partial charge in [-0.3, -0.25) is 9.78 Å². The number of benzene rings is 1. The highest BCUT2D eigenvalue weighted by molar-refractivity contribution is 6.35. The minimum Gasteiger partial charge on any atom is -0.481 e. The van der Waals surface area contributed by atoms with Crippen molar-refractivity contribution in [2.45, 2.75) is 6.92 Å². The number of carboxylic acids is 1. The number of aliphatic carboxylic acids is 1. The molecule has 5 heteroatoms. The SMILES string of the molecule is CC(CNc1ccc(Cl)c2cccnc12)C(=O)O. The van der Waals surface area contributed by atoms with E-state index in [9.17, 15) is 4.79 Å². The van der Waals surface area contributed by atoms with Gasteiger partial charge in [0, 0.05) is 18.1 Å². The molecule has 0 aliphatic heterocycles. The normalized spacial score (nSPS) is 12.3. The highest BCUT2D eigenvalue weighted by atomic mass is 35.5. The Morgan fingerprint density at radius 1 is 1.50 bits per heavy atom. The molecule has 4 nitrogen and oxygen atoms in total. The molecule has 0 saturated carbocycles. The maximum absolute atomic E-state index is 10.8. The first-order chi connectivity index (χ1) is 8.59. The maximum Gasteiger partial charge on any atom is 0.308 e. The molecule has 1 unspecified atom stereocenters. The number of pyridine rings is 1. The molecule has 2 rings (SSSR count). The average molecular weight is 265 g/mol. The zero-order valence-corrected chi connectivity index (χ0v) is 10.6. The van der Waals surface area contributed by atoms with Crippen LogP contribution in [0, 0.1) is 5.92 Å². The molecule has 1 aromatic heterocycles. The molecule has 0 radical (unpaired) electrons. The lowest BCUT2D eigenvalue weighted by molar-refractivity contribution is -0.140. The van der Waals surface area contributed by atoms with Crippen LogP contribution in [0.2, 0.25) is 5.02 Å². The van der Waals surface area contributed by atoms with E-state index in [1.165, 1.54) is 0 Å². The molecule has 0 aliphatic carbocycles. The molecule has 1 atom stereocenters. The van der Waals surface area contributed by atoms with Gasteiger partial charge in [0.05, 0.1) is 22.1 Å². The second kappa shape index (κ2) is 5.23. The summed E-state index contributed by atoms with van der Waals surface area (Å²) in [4.78, 5) is 15.0. The van der Waals surface area contributed by atoms with Crippen LogP contribution in [0.4, 0.5) is 5.69 Å². The largest absolute Gasteiger partial charge is 0.481 e. The number of carboxylic acid groups (broad SMARTS) is 1. The van der Waals surface area contributed by atoms with Crippen LogP contribution in [0.25, 0.3) is 10.9 Å². The van der Waals surface area contributed by atoms with E-state index in [0.717, 1.165) is 16.6 Å². The van der Waals surface area contributed by atoms with Crippen molar-refractivity contribution in [1.29, 1.82) is 0 Å². The Morgan fingerprint density at radius 2 is 2.28 bits per heavy atom. The first kappa shape index (κ1) is 12.6. The number of anilines is 1. The van der Waals surface area contributed by atoms with Gasteiger partial charge in [-0.05, 0) is 24.3 Å². The topological polar surface area (TPSA) is 62.2 Å². The number of nitrogens with zero attached hydrogens (tertiary/aromatic N) is 1. The molecular formula is C13H13ClN2O2. The Kier molecular flexibility index (Phi) is 3.67. The molecule has 0 spiro atoms. The summed E-state index contributed by atoms with van der Waals surface area (Å²) in [6.45, 7) is 2.00. The first-order valence-electron chi connectivity index (χ1n) is 5.59. The molecule has 2 aromatic rings. The van der Waals surface area contributed by atoms with E-state index in [0.29, 0.717) is 11.6 Å². The van der Waals surface area contributed by atoms with Crippen LogP contribution < -0.4 is 5.32 Å². The lowest BCUT2D eigenvalue weighted by Gasteiger charge is -2.12. The molecule has 1 heterocycles. The van der Waals surface area contributed by atoms with Gasteiger partial charge in [-0.15, -0.1) is 0 Å². The molecule has 94 valence electrons. The predicted molar refractivity (Wildman–Crippen MR) is 72.0 cm³/mol. The third-order valence-electron chi connectivity index (χ3n) is 2.74. The zero-order chi connectivity index (χ0) is 13.1. The summed E-state index contributed by atoms with van der Waals surface area (Å²) in [6.07, 6.45) is 1.68. The first-order valence-corrected chi connectivity index (χ1v) is 5.97. The van der Waals surface area contributed by atoms with Gasteiger partial charge in [-0.25, -0.2) is 0 Å². The second-order valence-electron chi connectivity index (χ2n) is 4.11. The van der Waals surface area contributed by atoms with Gasteiger partial charge in [0.1, 0.15) is 0 Å². The van der Waals surface area contributed by atoms with Gasteiger partial charge in [0.2, 0.25) is 0 Å². The lowest BCUT2D eigenvalue weighted by atomic mass is 10.1. The molecule has 0 saturated heterocycles. The third kappa shape index (κ3) is 2.54. The van der Waals surface area contributed by atoms with Gasteiger partial charge in [0.25, 0.3) is 0 Å². The van der Waals surface area contributed by atoms with E-state index >= 15 is 0 Å². The maximum atomic E-state index is 10.8. The number of rotatable bonds is 4. The number of halogens is 1. The summed E-state index contributed by atoms with van der Waals surface area (Å²) in [6, 6.07) is 7.29. The fourth-order valence-corrected chi connectivity index (χ4v) is 1.85. The Morgan fingerprint density at radius 3 is 3.00 bits per heavy atom. The van der Waals surface area contributed by atoms with Crippen molar-refractivity contribution in [1.82, 2.24) is 4.98 Å². The number of fused-ring (bicyclic) bond motifs is 1. The van der Waals surface area contributed by atoms with E-state index in [1.807, 2.05) is 18.2 Å². The molecule has 1 aromatic carbocycles. The fourth-order valence-electron chi connectivity index (χ4n) is 1.63. The summed E-state index contributed by atoms with van der Waals surface area (Å²) in [5.74, 6) is -1.28. The molecule has 2 N–H and O–H groups in total. The lowest BCUT2D eigenvalue weighted by Crippen LogP contribution is -2.19. The van der Waals surface area contributed by atoms with Crippen molar-refractivity contribution in [2.75, 3.05) is 11.9 Å². The van der Waals surface area contributed by atoms with Crippen LogP contribution in [-0.2, 0) is 4.79 Å². The molecule has 0 fully saturated rings.